The largest absolute Gasteiger partial charge is 0.505 e. The quantitative estimate of drug-likeness (QED) is 0.810. The molecule has 0 bridgehead atoms. The van der Waals surface area contributed by atoms with E-state index in [9.17, 15) is 18.7 Å². The van der Waals surface area contributed by atoms with Crippen LogP contribution in [-0.2, 0) is 4.74 Å². The van der Waals surface area contributed by atoms with Crippen molar-refractivity contribution in [3.8, 4) is 5.75 Å². The van der Waals surface area contributed by atoms with E-state index in [0.29, 0.717) is 0 Å². The maximum Gasteiger partial charge on any atom is 0.342 e. The first-order chi connectivity index (χ1) is 7.47. The van der Waals surface area contributed by atoms with Crippen LogP contribution in [0.25, 0.3) is 0 Å². The molecule has 0 saturated heterocycles. The van der Waals surface area contributed by atoms with Crippen LogP contribution in [0.3, 0.4) is 0 Å². The van der Waals surface area contributed by atoms with Gasteiger partial charge in [-0.05, 0) is 19.9 Å². The van der Waals surface area contributed by atoms with Crippen molar-refractivity contribution in [2.45, 2.75) is 20.3 Å². The number of aromatic hydroxyl groups is 1. The number of alkyl halides is 2. The van der Waals surface area contributed by atoms with Gasteiger partial charge in [-0.25, -0.2) is 18.6 Å². The number of hydrogen-bond donors (Lipinski definition) is 1. The third kappa shape index (κ3) is 2.44. The molecular formula is C10H11F2NO3. The summed E-state index contributed by atoms with van der Waals surface area (Å²) in [6, 6.07) is 1.21. The number of carbonyl (C=O) groups excluding carboxylic acids is 1. The number of hydrogen-bond acceptors (Lipinski definition) is 4. The highest BCUT2D eigenvalue weighted by molar-refractivity contribution is 5.92. The van der Waals surface area contributed by atoms with Gasteiger partial charge in [-0.3, -0.25) is 0 Å². The van der Waals surface area contributed by atoms with E-state index in [1.54, 1.807) is 6.92 Å². The van der Waals surface area contributed by atoms with Crippen molar-refractivity contribution in [3.05, 3.63) is 23.0 Å². The lowest BCUT2D eigenvalue weighted by atomic mass is 10.1. The van der Waals surface area contributed by atoms with E-state index in [0.717, 1.165) is 0 Å². The number of halogens is 2. The smallest absolute Gasteiger partial charge is 0.342 e. The summed E-state index contributed by atoms with van der Waals surface area (Å²) in [5.74, 6) is -1.66. The van der Waals surface area contributed by atoms with Crippen LogP contribution in [0.1, 0.15) is 35.1 Å². The van der Waals surface area contributed by atoms with Crippen LogP contribution in [0.2, 0.25) is 0 Å². The van der Waals surface area contributed by atoms with Gasteiger partial charge in [-0.1, -0.05) is 0 Å². The van der Waals surface area contributed by atoms with Gasteiger partial charge in [-0.15, -0.1) is 0 Å². The Balaban J connectivity index is 3.24. The van der Waals surface area contributed by atoms with Crippen LogP contribution in [0, 0.1) is 6.92 Å². The van der Waals surface area contributed by atoms with Gasteiger partial charge in [0.1, 0.15) is 11.3 Å². The molecule has 0 atom stereocenters. The molecular weight excluding hydrogens is 220 g/mol. The van der Waals surface area contributed by atoms with Gasteiger partial charge in [0.05, 0.1) is 6.61 Å². The Bertz CT molecular complexity index is 407. The molecule has 0 unspecified atom stereocenters. The second kappa shape index (κ2) is 4.87. The minimum atomic E-state index is -2.94. The van der Waals surface area contributed by atoms with E-state index < -0.39 is 23.8 Å². The number of rotatable bonds is 3. The van der Waals surface area contributed by atoms with Gasteiger partial charge in [0.2, 0.25) is 0 Å². The van der Waals surface area contributed by atoms with E-state index >= 15 is 0 Å². The summed E-state index contributed by atoms with van der Waals surface area (Å²) in [7, 11) is 0. The summed E-state index contributed by atoms with van der Waals surface area (Å²) in [5.41, 5.74) is -0.871. The lowest BCUT2D eigenvalue weighted by molar-refractivity contribution is 0.0521. The molecule has 4 nitrogen and oxygen atoms in total. The van der Waals surface area contributed by atoms with Crippen LogP contribution in [-0.4, -0.2) is 22.7 Å². The van der Waals surface area contributed by atoms with E-state index in [2.05, 4.69) is 9.72 Å². The second-order valence-electron chi connectivity index (χ2n) is 3.07. The Kier molecular flexibility index (Phi) is 3.76. The molecule has 0 aliphatic rings. The lowest BCUT2D eigenvalue weighted by Gasteiger charge is -2.09. The normalized spacial score (nSPS) is 10.6. The molecule has 0 fully saturated rings. The van der Waals surface area contributed by atoms with Crippen LogP contribution < -0.4 is 0 Å². The molecule has 6 heteroatoms. The molecule has 1 rings (SSSR count). The van der Waals surface area contributed by atoms with Gasteiger partial charge in [0.15, 0.2) is 5.75 Å². The van der Waals surface area contributed by atoms with Crippen LogP contribution in [0.4, 0.5) is 8.78 Å². The maximum atomic E-state index is 12.5. The van der Waals surface area contributed by atoms with E-state index in [1.165, 1.54) is 13.0 Å². The number of esters is 1. The van der Waals surface area contributed by atoms with Gasteiger partial charge < -0.3 is 9.84 Å². The summed E-state index contributed by atoms with van der Waals surface area (Å²) in [6.45, 7) is 3.13. The number of aryl methyl sites for hydroxylation is 1. The third-order valence-corrected chi connectivity index (χ3v) is 1.85. The summed E-state index contributed by atoms with van der Waals surface area (Å²) >= 11 is 0. The Labute approximate surface area is 90.9 Å². The lowest BCUT2D eigenvalue weighted by Crippen LogP contribution is -2.08. The molecule has 1 N–H and O–H groups in total. The molecule has 0 aliphatic heterocycles. The maximum absolute atomic E-state index is 12.5. The molecule has 1 heterocycles. The van der Waals surface area contributed by atoms with Crippen molar-refractivity contribution in [1.29, 1.82) is 0 Å². The Morgan fingerprint density at radius 3 is 2.75 bits per heavy atom. The zero-order valence-electron chi connectivity index (χ0n) is 8.83. The highest BCUT2D eigenvalue weighted by Gasteiger charge is 2.22. The first kappa shape index (κ1) is 12.4. The summed E-state index contributed by atoms with van der Waals surface area (Å²) in [6.07, 6.45) is -2.94. The van der Waals surface area contributed by atoms with Crippen molar-refractivity contribution in [1.82, 2.24) is 4.98 Å². The molecule has 0 amide bonds. The number of ether oxygens (including phenoxy) is 1. The number of pyridine rings is 1. The SMILES string of the molecule is CCOC(=O)c1cc(C)nc(C(F)F)c1O. The fourth-order valence-corrected chi connectivity index (χ4v) is 1.21. The van der Waals surface area contributed by atoms with Gasteiger partial charge in [0, 0.05) is 5.69 Å². The zero-order valence-corrected chi connectivity index (χ0v) is 8.83. The third-order valence-electron chi connectivity index (χ3n) is 1.85. The van der Waals surface area contributed by atoms with Crippen LogP contribution in [0.15, 0.2) is 6.07 Å². The molecule has 1 aromatic rings. The van der Waals surface area contributed by atoms with Crippen molar-refractivity contribution in [3.63, 3.8) is 0 Å². The van der Waals surface area contributed by atoms with E-state index in [1.807, 2.05) is 0 Å². The van der Waals surface area contributed by atoms with E-state index in [4.69, 9.17) is 0 Å². The molecule has 0 aliphatic carbocycles. The molecule has 0 radical (unpaired) electrons. The predicted molar refractivity (Wildman–Crippen MR) is 51.6 cm³/mol. The van der Waals surface area contributed by atoms with Gasteiger partial charge in [0.25, 0.3) is 6.43 Å². The molecule has 1 aromatic heterocycles. The first-order valence-corrected chi connectivity index (χ1v) is 4.63. The van der Waals surface area contributed by atoms with Gasteiger partial charge >= 0.3 is 5.97 Å². The Morgan fingerprint density at radius 1 is 1.62 bits per heavy atom. The predicted octanol–water partition coefficient (Wildman–Crippen LogP) is 2.21. The number of nitrogens with zero attached hydrogens (tertiary/aromatic N) is 1. The fraction of sp³-hybridized carbons (Fsp3) is 0.400. The minimum Gasteiger partial charge on any atom is -0.505 e. The van der Waals surface area contributed by atoms with Crippen LogP contribution >= 0.6 is 0 Å². The molecule has 16 heavy (non-hydrogen) atoms. The van der Waals surface area contributed by atoms with E-state index in [-0.39, 0.29) is 17.9 Å². The van der Waals surface area contributed by atoms with Gasteiger partial charge in [-0.2, -0.15) is 0 Å². The van der Waals surface area contributed by atoms with Crippen molar-refractivity contribution < 1.29 is 23.4 Å². The topological polar surface area (TPSA) is 59.4 Å². The molecule has 0 spiro atoms. The first-order valence-electron chi connectivity index (χ1n) is 4.63. The van der Waals surface area contributed by atoms with Crippen molar-refractivity contribution in [2.75, 3.05) is 6.61 Å². The standard InChI is InChI=1S/C10H11F2NO3/c1-3-16-10(15)6-4-5(2)13-7(8(6)14)9(11)12/h4,9,14H,3H2,1-2H3. The fourth-order valence-electron chi connectivity index (χ4n) is 1.21. The number of aromatic nitrogens is 1. The monoisotopic (exact) mass is 231 g/mol. The number of carbonyl (C=O) groups is 1. The second-order valence-corrected chi connectivity index (χ2v) is 3.07. The summed E-state index contributed by atoms with van der Waals surface area (Å²) in [5, 5.41) is 9.44. The average Bonchev–Trinajstić information content (AvgIpc) is 2.20. The molecule has 0 aromatic carbocycles. The Hall–Kier alpha value is -1.72. The average molecular weight is 231 g/mol. The molecule has 0 saturated carbocycles. The molecule has 88 valence electrons. The highest BCUT2D eigenvalue weighted by Crippen LogP contribution is 2.30. The van der Waals surface area contributed by atoms with Crippen LogP contribution in [0.5, 0.6) is 5.75 Å². The summed E-state index contributed by atoms with van der Waals surface area (Å²) in [4.78, 5) is 14.8. The van der Waals surface area contributed by atoms with Crippen molar-refractivity contribution >= 4 is 5.97 Å². The summed E-state index contributed by atoms with van der Waals surface area (Å²) < 4.78 is 29.6. The highest BCUT2D eigenvalue weighted by atomic mass is 19.3. The zero-order chi connectivity index (χ0) is 12.3. The van der Waals surface area contributed by atoms with Crippen molar-refractivity contribution in [2.24, 2.45) is 0 Å². The Morgan fingerprint density at radius 2 is 2.25 bits per heavy atom. The minimum absolute atomic E-state index is 0.101.